The van der Waals surface area contributed by atoms with Crippen molar-refractivity contribution in [2.75, 3.05) is 27.9 Å². The van der Waals surface area contributed by atoms with Crippen molar-refractivity contribution in [1.29, 1.82) is 0 Å². The molecule has 1 aliphatic carbocycles. The maximum absolute atomic E-state index is 14.5. The Hall–Kier alpha value is -4.22. The molecule has 1 aromatic heterocycles. The maximum atomic E-state index is 14.5. The monoisotopic (exact) mass is 964 g/mol. The normalized spacial score (nSPS) is 38.8. The number of aliphatic hydroxyl groups is 1. The van der Waals surface area contributed by atoms with E-state index in [9.17, 15) is 29.1 Å². The lowest BCUT2D eigenvalue weighted by Gasteiger charge is -2.42. The van der Waals surface area contributed by atoms with Crippen molar-refractivity contribution >= 4 is 29.2 Å². The fourth-order valence-electron chi connectivity index (χ4n) is 10.9. The number of hydrogen-bond acceptors (Lipinski definition) is 14. The molecule has 0 aromatic carbocycles. The molecule has 2 unspecified atom stereocenters. The van der Waals surface area contributed by atoms with Gasteiger partial charge in [0.1, 0.15) is 24.0 Å². The largest absolute Gasteiger partial charge is 0.460 e. The predicted molar refractivity (Wildman–Crippen MR) is 259 cm³/mol. The lowest BCUT2D eigenvalue weighted by molar-refractivity contribution is -0.265. The zero-order valence-corrected chi connectivity index (χ0v) is 43.1. The molecule has 0 spiro atoms. The van der Waals surface area contributed by atoms with Gasteiger partial charge in [0.05, 0.1) is 24.4 Å². The molecule has 16 heteroatoms. The van der Waals surface area contributed by atoms with Crippen LogP contribution in [0.2, 0.25) is 0 Å². The minimum absolute atomic E-state index is 0.00414. The van der Waals surface area contributed by atoms with E-state index in [0.717, 1.165) is 24.0 Å². The van der Waals surface area contributed by atoms with Crippen LogP contribution in [0.1, 0.15) is 138 Å². The average Bonchev–Trinajstić information content (AvgIpc) is 3.88. The van der Waals surface area contributed by atoms with Crippen LogP contribution >= 0.6 is 0 Å². The molecule has 2 bridgehead atoms. The summed E-state index contributed by atoms with van der Waals surface area (Å²) in [4.78, 5) is 74.2. The van der Waals surface area contributed by atoms with E-state index in [1.165, 1.54) is 11.2 Å². The second kappa shape index (κ2) is 25.8. The van der Waals surface area contributed by atoms with Gasteiger partial charge in [-0.1, -0.05) is 83.6 Å². The number of allylic oxidation sites excluding steroid dienone is 6. The van der Waals surface area contributed by atoms with Crippen LogP contribution < -0.4 is 0 Å². The Kier molecular flexibility index (Phi) is 20.8. The van der Waals surface area contributed by atoms with E-state index in [0.29, 0.717) is 51.4 Å². The third kappa shape index (κ3) is 14.2. The number of rotatable bonds is 7. The van der Waals surface area contributed by atoms with E-state index in [2.05, 4.69) is 28.4 Å². The summed E-state index contributed by atoms with van der Waals surface area (Å²) in [6, 6.07) is -1.19. The van der Waals surface area contributed by atoms with Crippen molar-refractivity contribution in [3.05, 3.63) is 53.9 Å². The van der Waals surface area contributed by atoms with Gasteiger partial charge in [0.25, 0.3) is 11.7 Å². The standard InChI is InChI=1S/C53H81N5O11/c1-32-17-13-12-14-18-33(2)45(65-9)29-41-22-20-38(7)53(64,69-41)50(61)51(62)57-24-16-15-19-43(57)52(63)68-46(36(5)27-40-21-23-42(47(28-40)66-10)58-55-31-54-56-58)30-44(59)35(4)26-34(3)39(8)49(67-11)48(60)37(6)25-32/h12-14,17-18,26,31-32,35-43,45-47,49,64H,15-16,19-25,27-30H2,1-11H3/b14-12+,17-13+,33-18+,34-26+/t32-,35-,36-,37-,38-,39-,40+,41?,42+,43?,45+,46+,47-,49-,53-/m1/s1. The number of ketones is 3. The number of methoxy groups -OCH3 is 3. The number of aromatic nitrogens is 4. The van der Waals surface area contributed by atoms with E-state index in [-0.39, 0.29) is 72.7 Å². The summed E-state index contributed by atoms with van der Waals surface area (Å²) in [5.74, 6) is -7.29. The second-order valence-corrected chi connectivity index (χ2v) is 20.7. The molecule has 0 radical (unpaired) electrons. The molecule has 5 rings (SSSR count). The number of carbonyl (C=O) groups is 5. The highest BCUT2D eigenvalue weighted by molar-refractivity contribution is 6.39. The Morgan fingerprint density at radius 3 is 2.30 bits per heavy atom. The number of nitrogens with zero attached hydrogens (tertiary/aromatic N) is 5. The Labute approximate surface area is 410 Å². The summed E-state index contributed by atoms with van der Waals surface area (Å²) in [5.41, 5.74) is 1.74. The van der Waals surface area contributed by atoms with Gasteiger partial charge in [-0.25, -0.2) is 4.79 Å². The van der Waals surface area contributed by atoms with Crippen molar-refractivity contribution in [2.24, 2.45) is 41.4 Å². The fourth-order valence-corrected chi connectivity index (χ4v) is 10.9. The van der Waals surface area contributed by atoms with E-state index in [1.54, 1.807) is 33.0 Å². The Morgan fingerprint density at radius 1 is 0.870 bits per heavy atom. The zero-order valence-electron chi connectivity index (χ0n) is 43.1. The fraction of sp³-hybridized carbons (Fsp3) is 0.736. The number of Topliss-reactive ketones (excluding diaryl/α,β-unsaturated/α-hetero) is 3. The topological polar surface area (TPSA) is 199 Å². The molecule has 1 N–H and O–H groups in total. The Balaban J connectivity index is 1.46. The molecular formula is C53H81N5O11. The first-order valence-corrected chi connectivity index (χ1v) is 25.4. The summed E-state index contributed by atoms with van der Waals surface area (Å²) in [7, 11) is 4.81. The summed E-state index contributed by atoms with van der Waals surface area (Å²) >= 11 is 0. The molecule has 16 nitrogen and oxygen atoms in total. The van der Waals surface area contributed by atoms with Crippen molar-refractivity contribution in [2.45, 2.75) is 181 Å². The van der Waals surface area contributed by atoms with Crippen LogP contribution in [0.5, 0.6) is 0 Å². The summed E-state index contributed by atoms with van der Waals surface area (Å²) in [6.45, 7) is 15.4. The van der Waals surface area contributed by atoms with Crippen LogP contribution in [0.15, 0.2) is 53.9 Å². The Morgan fingerprint density at radius 2 is 1.62 bits per heavy atom. The molecule has 69 heavy (non-hydrogen) atoms. The molecule has 1 saturated carbocycles. The number of carbonyl (C=O) groups excluding carboxylic acids is 5. The Bertz CT molecular complexity index is 2020. The van der Waals surface area contributed by atoms with Crippen LogP contribution in [0.4, 0.5) is 0 Å². The van der Waals surface area contributed by atoms with Crippen LogP contribution in [-0.4, -0.2) is 130 Å². The third-order valence-corrected chi connectivity index (χ3v) is 15.6. The van der Waals surface area contributed by atoms with Gasteiger partial charge in [0, 0.05) is 64.4 Å². The number of ether oxygens (including phenoxy) is 5. The van der Waals surface area contributed by atoms with E-state index < -0.39 is 65.7 Å². The summed E-state index contributed by atoms with van der Waals surface area (Å²) in [6.07, 6.45) is 16.4. The van der Waals surface area contributed by atoms with Crippen molar-refractivity contribution in [3.8, 4) is 0 Å². The first-order chi connectivity index (χ1) is 32.8. The van der Waals surface area contributed by atoms with Crippen molar-refractivity contribution < 1.29 is 52.8 Å². The van der Waals surface area contributed by atoms with Gasteiger partial charge in [-0.15, -0.1) is 10.2 Å². The van der Waals surface area contributed by atoms with Crippen LogP contribution in [0.3, 0.4) is 0 Å². The first kappa shape index (κ1) is 55.7. The molecule has 4 aliphatic rings. The van der Waals surface area contributed by atoms with Crippen LogP contribution in [0.25, 0.3) is 0 Å². The van der Waals surface area contributed by atoms with Crippen LogP contribution in [0, 0.1) is 41.4 Å². The number of cyclic esters (lactones) is 1. The molecule has 1 aromatic rings. The maximum Gasteiger partial charge on any atom is 0.329 e. The van der Waals surface area contributed by atoms with Crippen molar-refractivity contribution in [1.82, 2.24) is 25.1 Å². The molecular weight excluding hydrogens is 883 g/mol. The average molecular weight is 964 g/mol. The molecule has 3 fully saturated rings. The summed E-state index contributed by atoms with van der Waals surface area (Å²) in [5, 5.41) is 24.3. The number of piperidine rings is 1. The smallest absolute Gasteiger partial charge is 0.329 e. The van der Waals surface area contributed by atoms with Gasteiger partial charge in [0.2, 0.25) is 5.79 Å². The minimum Gasteiger partial charge on any atom is -0.460 e. The molecule has 15 atom stereocenters. The SMILES string of the molecule is CO[C@H]1CC2CC[C@@H](C)[C@@](O)(O2)C(=O)C(=O)N2CCCCC2C(=O)O[C@H]([C@H](C)C[C@@H]2CC[C@H](n3ncnn3)[C@H](OC)C2)CC(=O)[C@H](C)/C=C(\C)[C@@H](C)[C@@H](OC)C(=O)[C@H](C)C[C@H](C)/C=C/C=C/C=C/1C. The predicted octanol–water partition coefficient (Wildman–Crippen LogP) is 7.32. The van der Waals surface area contributed by atoms with Crippen molar-refractivity contribution in [3.63, 3.8) is 0 Å². The molecule has 384 valence electrons. The molecule has 2 saturated heterocycles. The van der Waals surface area contributed by atoms with Gasteiger partial charge in [0.15, 0.2) is 12.1 Å². The zero-order chi connectivity index (χ0) is 50.6. The van der Waals surface area contributed by atoms with Gasteiger partial charge in [-0.3, -0.25) is 19.2 Å². The lowest BCUT2D eigenvalue weighted by atomic mass is 9.77. The molecule has 1 amide bonds. The second-order valence-electron chi connectivity index (χ2n) is 20.7. The third-order valence-electron chi connectivity index (χ3n) is 15.6. The number of tetrazole rings is 1. The van der Waals surface area contributed by atoms with E-state index in [1.807, 2.05) is 71.9 Å². The van der Waals surface area contributed by atoms with Crippen LogP contribution in [-0.2, 0) is 47.7 Å². The van der Waals surface area contributed by atoms with E-state index in [4.69, 9.17) is 23.7 Å². The highest BCUT2D eigenvalue weighted by Gasteiger charge is 2.53. The number of amides is 1. The van der Waals surface area contributed by atoms with E-state index >= 15 is 0 Å². The van der Waals surface area contributed by atoms with Gasteiger partial charge in [-0.05, 0) is 107 Å². The highest BCUT2D eigenvalue weighted by atomic mass is 16.6. The van der Waals surface area contributed by atoms with Gasteiger partial charge < -0.3 is 33.7 Å². The first-order valence-electron chi connectivity index (χ1n) is 25.4. The molecule has 4 heterocycles. The van der Waals surface area contributed by atoms with Gasteiger partial charge >= 0.3 is 5.97 Å². The number of fused-ring (bicyclic) bond motifs is 3. The quantitative estimate of drug-likeness (QED) is 0.162. The summed E-state index contributed by atoms with van der Waals surface area (Å²) < 4.78 is 30.2. The number of esters is 1. The highest BCUT2D eigenvalue weighted by Crippen LogP contribution is 2.39. The molecule has 3 aliphatic heterocycles. The number of hydrogen-bond donors (Lipinski definition) is 1. The van der Waals surface area contributed by atoms with Gasteiger partial charge in [-0.2, -0.15) is 4.80 Å². The minimum atomic E-state index is -2.41. The lowest BCUT2D eigenvalue weighted by Crippen LogP contribution is -2.61.